The van der Waals surface area contributed by atoms with Crippen molar-refractivity contribution in [3.05, 3.63) is 0 Å². The molecule has 0 aromatic rings. The lowest BCUT2D eigenvalue weighted by Gasteiger charge is -2.37. The molecule has 2 fully saturated rings. The Labute approximate surface area is 73.2 Å². The molecule has 2 aliphatic rings. The van der Waals surface area contributed by atoms with Crippen LogP contribution in [0.2, 0.25) is 0 Å². The minimum Gasteiger partial charge on any atom is -0.347 e. The van der Waals surface area contributed by atoms with Crippen molar-refractivity contribution in [2.24, 2.45) is 0 Å². The number of nitrogens with one attached hydrogen (secondary N) is 1. The predicted octanol–water partition coefficient (Wildman–Crippen LogP) is 0.654. The summed E-state index contributed by atoms with van der Waals surface area (Å²) in [5.41, 5.74) is -2.06. The topological polar surface area (TPSA) is 30.5 Å². The number of alkyl halides is 3. The molecule has 2 saturated heterocycles. The largest absolute Gasteiger partial charge is 0.420 e. The van der Waals surface area contributed by atoms with Gasteiger partial charge in [0.1, 0.15) is 12.9 Å². The summed E-state index contributed by atoms with van der Waals surface area (Å²) in [4.78, 5) is 0. The fourth-order valence-corrected chi connectivity index (χ4v) is 1.82. The van der Waals surface area contributed by atoms with E-state index in [4.69, 9.17) is 9.47 Å². The van der Waals surface area contributed by atoms with Crippen LogP contribution in [-0.4, -0.2) is 37.8 Å². The average molecular weight is 197 g/mol. The minimum atomic E-state index is -4.34. The van der Waals surface area contributed by atoms with E-state index in [1.807, 2.05) is 0 Å². The van der Waals surface area contributed by atoms with Crippen LogP contribution < -0.4 is 5.32 Å². The third-order valence-corrected chi connectivity index (χ3v) is 2.59. The zero-order chi connectivity index (χ0) is 9.53. The molecule has 0 spiro atoms. The van der Waals surface area contributed by atoms with Crippen molar-refractivity contribution < 1.29 is 22.6 Å². The summed E-state index contributed by atoms with van der Waals surface area (Å²) in [6, 6.07) is 0. The molecule has 2 rings (SSSR count). The fraction of sp³-hybridized carbons (Fsp3) is 1.00. The monoisotopic (exact) mass is 197 g/mol. The molecule has 0 aromatic carbocycles. The maximum Gasteiger partial charge on any atom is 0.420 e. The number of rotatable bonds is 0. The van der Waals surface area contributed by atoms with Gasteiger partial charge < -0.3 is 14.8 Å². The molecular weight excluding hydrogens is 187 g/mol. The predicted molar refractivity (Wildman–Crippen MR) is 37.1 cm³/mol. The van der Waals surface area contributed by atoms with E-state index in [2.05, 4.69) is 5.32 Å². The Balaban J connectivity index is 2.26. The Morgan fingerprint density at radius 1 is 1.38 bits per heavy atom. The second kappa shape index (κ2) is 2.83. The first-order chi connectivity index (χ1) is 6.06. The summed E-state index contributed by atoms with van der Waals surface area (Å²) in [5, 5.41) is 2.85. The van der Waals surface area contributed by atoms with Crippen molar-refractivity contribution in [1.29, 1.82) is 0 Å². The molecule has 6 heteroatoms. The van der Waals surface area contributed by atoms with Crippen LogP contribution in [0.15, 0.2) is 0 Å². The number of hydrogen-bond acceptors (Lipinski definition) is 3. The van der Waals surface area contributed by atoms with Crippen LogP contribution in [0.25, 0.3) is 0 Å². The highest BCUT2D eigenvalue weighted by atomic mass is 19.4. The lowest BCUT2D eigenvalue weighted by Crippen LogP contribution is -2.60. The first-order valence-corrected chi connectivity index (χ1v) is 4.09. The van der Waals surface area contributed by atoms with Crippen LogP contribution in [0.1, 0.15) is 6.42 Å². The molecule has 76 valence electrons. The summed E-state index contributed by atoms with van der Waals surface area (Å²) in [7, 11) is 0. The second-order valence-corrected chi connectivity index (χ2v) is 3.26. The Kier molecular flexibility index (Phi) is 2.01. The van der Waals surface area contributed by atoms with E-state index in [0.29, 0.717) is 6.54 Å². The summed E-state index contributed by atoms with van der Waals surface area (Å²) in [6.07, 6.45) is -5.29. The van der Waals surface area contributed by atoms with E-state index >= 15 is 0 Å². The summed E-state index contributed by atoms with van der Waals surface area (Å²) < 4.78 is 47.6. The maximum absolute atomic E-state index is 12.7. The van der Waals surface area contributed by atoms with E-state index in [1.54, 1.807) is 0 Å². The Morgan fingerprint density at radius 3 is 2.77 bits per heavy atom. The molecule has 2 heterocycles. The van der Waals surface area contributed by atoms with Gasteiger partial charge in [-0.25, -0.2) is 0 Å². The number of ether oxygens (including phenoxy) is 2. The van der Waals surface area contributed by atoms with E-state index < -0.39 is 17.9 Å². The van der Waals surface area contributed by atoms with Gasteiger partial charge in [-0.05, 0) is 6.54 Å². The van der Waals surface area contributed by atoms with Crippen LogP contribution in [0.5, 0.6) is 0 Å². The van der Waals surface area contributed by atoms with Gasteiger partial charge in [0.25, 0.3) is 0 Å². The number of fused-ring (bicyclic) bond motifs is 1. The molecule has 13 heavy (non-hydrogen) atoms. The third kappa shape index (κ3) is 1.24. The second-order valence-electron chi connectivity index (χ2n) is 3.26. The van der Waals surface area contributed by atoms with Gasteiger partial charge in [-0.3, -0.25) is 0 Å². The van der Waals surface area contributed by atoms with E-state index in [0.717, 1.165) is 0 Å². The minimum absolute atomic E-state index is 0.0683. The molecule has 0 bridgehead atoms. The first kappa shape index (κ1) is 9.23. The molecular formula is C7H10F3NO2. The average Bonchev–Trinajstić information content (AvgIpc) is 2.46. The van der Waals surface area contributed by atoms with Gasteiger partial charge in [0.15, 0.2) is 5.60 Å². The molecule has 0 aromatic heterocycles. The highest BCUT2D eigenvalue weighted by Crippen LogP contribution is 2.44. The van der Waals surface area contributed by atoms with Crippen molar-refractivity contribution in [3.8, 4) is 0 Å². The summed E-state index contributed by atoms with van der Waals surface area (Å²) in [5.74, 6) is 0. The molecule has 0 saturated carbocycles. The molecule has 2 aliphatic heterocycles. The van der Waals surface area contributed by atoms with Crippen molar-refractivity contribution in [1.82, 2.24) is 5.32 Å². The molecule has 0 unspecified atom stereocenters. The van der Waals surface area contributed by atoms with Gasteiger partial charge in [0.2, 0.25) is 0 Å². The maximum atomic E-state index is 12.7. The van der Waals surface area contributed by atoms with E-state index in [9.17, 15) is 13.2 Å². The smallest absolute Gasteiger partial charge is 0.347 e. The molecule has 0 radical (unpaired) electrons. The zero-order valence-corrected chi connectivity index (χ0v) is 6.86. The Hall–Kier alpha value is -0.330. The molecule has 1 N–H and O–H groups in total. The number of hydrogen-bond donors (Lipinski definition) is 1. The van der Waals surface area contributed by atoms with Gasteiger partial charge >= 0.3 is 6.18 Å². The number of piperidine rings is 1. The van der Waals surface area contributed by atoms with Crippen molar-refractivity contribution in [2.45, 2.75) is 24.3 Å². The number of halogens is 3. The van der Waals surface area contributed by atoms with Crippen molar-refractivity contribution in [2.75, 3.05) is 19.9 Å². The van der Waals surface area contributed by atoms with Crippen molar-refractivity contribution in [3.63, 3.8) is 0 Å². The standard InChI is InChI=1S/C7H10F3NO2/c8-7(9,10)6-1-2-11-3-5(6)12-4-13-6/h5,11H,1-4H2/t5-,6-/m1/s1. The zero-order valence-electron chi connectivity index (χ0n) is 6.86. The van der Waals surface area contributed by atoms with Gasteiger partial charge in [0, 0.05) is 13.0 Å². The van der Waals surface area contributed by atoms with E-state index in [-0.39, 0.29) is 19.8 Å². The SMILES string of the molecule is FC(F)(F)[C@@]12CCNC[C@H]1OCO2. The van der Waals surface area contributed by atoms with Gasteiger partial charge in [0.05, 0.1) is 0 Å². The fourth-order valence-electron chi connectivity index (χ4n) is 1.82. The molecule has 0 aliphatic carbocycles. The molecule has 0 amide bonds. The van der Waals surface area contributed by atoms with Crippen molar-refractivity contribution >= 4 is 0 Å². The van der Waals surface area contributed by atoms with Crippen LogP contribution in [-0.2, 0) is 9.47 Å². The van der Waals surface area contributed by atoms with Crippen LogP contribution in [0, 0.1) is 0 Å². The molecule has 2 atom stereocenters. The van der Waals surface area contributed by atoms with Gasteiger partial charge in [-0.15, -0.1) is 0 Å². The summed E-state index contributed by atoms with van der Waals surface area (Å²) in [6.45, 7) is 0.269. The quantitative estimate of drug-likeness (QED) is 0.618. The third-order valence-electron chi connectivity index (χ3n) is 2.59. The Bertz CT molecular complexity index is 208. The van der Waals surface area contributed by atoms with Gasteiger partial charge in [-0.2, -0.15) is 13.2 Å². The summed E-state index contributed by atoms with van der Waals surface area (Å²) >= 11 is 0. The lowest BCUT2D eigenvalue weighted by atomic mass is 9.89. The lowest BCUT2D eigenvalue weighted by molar-refractivity contribution is -0.272. The highest BCUT2D eigenvalue weighted by Gasteiger charge is 2.64. The van der Waals surface area contributed by atoms with E-state index in [1.165, 1.54) is 0 Å². The van der Waals surface area contributed by atoms with Crippen LogP contribution >= 0.6 is 0 Å². The first-order valence-electron chi connectivity index (χ1n) is 4.09. The van der Waals surface area contributed by atoms with Crippen LogP contribution in [0.4, 0.5) is 13.2 Å². The normalized spacial score (nSPS) is 40.4. The highest BCUT2D eigenvalue weighted by molar-refractivity contribution is 5.02. The van der Waals surface area contributed by atoms with Crippen LogP contribution in [0.3, 0.4) is 0 Å². The Morgan fingerprint density at radius 2 is 2.15 bits per heavy atom. The molecule has 3 nitrogen and oxygen atoms in total. The van der Waals surface area contributed by atoms with Gasteiger partial charge in [-0.1, -0.05) is 0 Å².